The van der Waals surface area contributed by atoms with Crippen molar-refractivity contribution in [3.8, 4) is 0 Å². The quantitative estimate of drug-likeness (QED) is 0.895. The zero-order valence-electron chi connectivity index (χ0n) is 14.0. The maximum absolute atomic E-state index is 13.1. The molecule has 3 nitrogen and oxygen atoms in total. The number of hydrogen-bond donors (Lipinski definition) is 1. The first kappa shape index (κ1) is 17.3. The third kappa shape index (κ3) is 2.81. The van der Waals surface area contributed by atoms with Gasteiger partial charge in [-0.3, -0.25) is 4.79 Å². The van der Waals surface area contributed by atoms with Gasteiger partial charge in [0.25, 0.3) is 0 Å². The van der Waals surface area contributed by atoms with Crippen molar-refractivity contribution in [2.45, 2.75) is 44.8 Å². The average molecular weight is 340 g/mol. The summed E-state index contributed by atoms with van der Waals surface area (Å²) in [4.78, 5) is 14.9. The molecule has 1 aromatic rings. The Balaban J connectivity index is 1.96. The Kier molecular flexibility index (Phi) is 4.36. The molecule has 2 heterocycles. The summed E-state index contributed by atoms with van der Waals surface area (Å²) in [7, 11) is 0. The number of carbonyl (C=O) groups excluding carboxylic acids is 1. The monoisotopic (exact) mass is 340 g/mol. The Labute approximate surface area is 140 Å². The summed E-state index contributed by atoms with van der Waals surface area (Å²) in [6, 6.07) is 5.46. The number of nitrogens with zero attached hydrogens (tertiary/aromatic N) is 1. The van der Waals surface area contributed by atoms with Crippen LogP contribution in [-0.4, -0.2) is 36.5 Å². The van der Waals surface area contributed by atoms with Crippen molar-refractivity contribution in [1.29, 1.82) is 0 Å². The molecule has 0 bridgehead atoms. The fourth-order valence-electron chi connectivity index (χ4n) is 4.10. The molecule has 6 heteroatoms. The summed E-state index contributed by atoms with van der Waals surface area (Å²) in [5, 5.41) is 3.28. The summed E-state index contributed by atoms with van der Waals surface area (Å²) in [6.45, 7) is 6.11. The number of amides is 1. The highest BCUT2D eigenvalue weighted by atomic mass is 19.4. The highest BCUT2D eigenvalue weighted by Crippen LogP contribution is 2.50. The lowest BCUT2D eigenvalue weighted by atomic mass is 9.68. The van der Waals surface area contributed by atoms with Crippen LogP contribution in [-0.2, 0) is 11.0 Å². The number of rotatable bonds is 2. The van der Waals surface area contributed by atoms with Crippen molar-refractivity contribution in [2.75, 3.05) is 19.6 Å². The molecule has 1 atom stereocenters. The van der Waals surface area contributed by atoms with E-state index in [1.54, 1.807) is 12.1 Å². The molecule has 0 radical (unpaired) electrons. The normalized spacial score (nSPS) is 24.2. The number of nitrogens with one attached hydrogen (secondary N) is 1. The second-order valence-corrected chi connectivity index (χ2v) is 7.13. The first-order chi connectivity index (χ1) is 11.3. The molecule has 0 aliphatic carbocycles. The van der Waals surface area contributed by atoms with Gasteiger partial charge >= 0.3 is 6.18 Å². The molecule has 0 aromatic heterocycles. The van der Waals surface area contributed by atoms with Crippen LogP contribution in [0.1, 0.15) is 43.7 Å². The largest absolute Gasteiger partial charge is 0.416 e. The van der Waals surface area contributed by atoms with Crippen molar-refractivity contribution >= 4 is 5.91 Å². The Morgan fingerprint density at radius 1 is 1.17 bits per heavy atom. The maximum atomic E-state index is 13.1. The molecular weight excluding hydrogens is 317 g/mol. The van der Waals surface area contributed by atoms with Gasteiger partial charge in [0.2, 0.25) is 5.91 Å². The van der Waals surface area contributed by atoms with Gasteiger partial charge in [-0.25, -0.2) is 0 Å². The van der Waals surface area contributed by atoms with Crippen molar-refractivity contribution < 1.29 is 18.0 Å². The van der Waals surface area contributed by atoms with Crippen LogP contribution in [0.15, 0.2) is 24.3 Å². The van der Waals surface area contributed by atoms with Crippen LogP contribution < -0.4 is 5.32 Å². The molecule has 2 saturated heterocycles. The van der Waals surface area contributed by atoms with E-state index >= 15 is 0 Å². The van der Waals surface area contributed by atoms with Crippen LogP contribution in [0.5, 0.6) is 0 Å². The van der Waals surface area contributed by atoms with Crippen LogP contribution in [0.4, 0.5) is 13.2 Å². The van der Waals surface area contributed by atoms with Gasteiger partial charge in [0.1, 0.15) is 0 Å². The highest BCUT2D eigenvalue weighted by Gasteiger charge is 2.54. The minimum Gasteiger partial charge on any atom is -0.339 e. The summed E-state index contributed by atoms with van der Waals surface area (Å²) < 4.78 is 38.4. The SMILES string of the molecule is CC(C)N1C[C@H](c2ccc(C(F)(F)F)cc2)C2(CCNCC2)C1=O. The van der Waals surface area contributed by atoms with E-state index in [-0.39, 0.29) is 17.9 Å². The summed E-state index contributed by atoms with van der Waals surface area (Å²) >= 11 is 0. The third-order valence-corrected chi connectivity index (χ3v) is 5.49. The number of piperidine rings is 1. The lowest BCUT2D eigenvalue weighted by Gasteiger charge is -2.37. The van der Waals surface area contributed by atoms with Crippen molar-refractivity contribution in [3.05, 3.63) is 35.4 Å². The predicted molar refractivity (Wildman–Crippen MR) is 85.6 cm³/mol. The molecule has 1 aromatic carbocycles. The number of alkyl halides is 3. The molecular formula is C18H23F3N2O. The van der Waals surface area contributed by atoms with E-state index in [1.165, 1.54) is 0 Å². The second kappa shape index (κ2) is 6.06. The van der Waals surface area contributed by atoms with E-state index in [9.17, 15) is 18.0 Å². The molecule has 3 rings (SSSR count). The number of likely N-dealkylation sites (tertiary alicyclic amines) is 1. The number of carbonyl (C=O) groups is 1. The molecule has 2 aliphatic rings. The van der Waals surface area contributed by atoms with Crippen molar-refractivity contribution in [3.63, 3.8) is 0 Å². The Morgan fingerprint density at radius 3 is 2.25 bits per heavy atom. The van der Waals surface area contributed by atoms with E-state index in [1.807, 2.05) is 18.7 Å². The van der Waals surface area contributed by atoms with Crippen molar-refractivity contribution in [2.24, 2.45) is 5.41 Å². The standard InChI is InChI=1S/C18H23F3N2O/c1-12(2)23-11-15(17(16(23)24)7-9-22-10-8-17)13-3-5-14(6-4-13)18(19,20)21/h3-6,12,15,22H,7-11H2,1-2H3/t15-/m1/s1. The number of hydrogen-bond acceptors (Lipinski definition) is 2. The topological polar surface area (TPSA) is 32.3 Å². The Morgan fingerprint density at radius 2 is 1.75 bits per heavy atom. The fourth-order valence-corrected chi connectivity index (χ4v) is 4.10. The van der Waals surface area contributed by atoms with Gasteiger partial charge in [0, 0.05) is 18.5 Å². The minimum atomic E-state index is -4.33. The van der Waals surface area contributed by atoms with Crippen LogP contribution >= 0.6 is 0 Å². The van der Waals surface area contributed by atoms with Gasteiger partial charge in [-0.1, -0.05) is 12.1 Å². The average Bonchev–Trinajstić information content (AvgIpc) is 2.81. The number of benzene rings is 1. The van der Waals surface area contributed by atoms with Crippen LogP contribution in [0.3, 0.4) is 0 Å². The third-order valence-electron chi connectivity index (χ3n) is 5.49. The molecule has 1 spiro atoms. The minimum absolute atomic E-state index is 0.0446. The molecule has 1 N–H and O–H groups in total. The highest BCUT2D eigenvalue weighted by molar-refractivity contribution is 5.87. The maximum Gasteiger partial charge on any atom is 0.416 e. The van der Waals surface area contributed by atoms with E-state index in [2.05, 4.69) is 5.32 Å². The van der Waals surface area contributed by atoms with E-state index in [0.717, 1.165) is 43.6 Å². The molecule has 0 saturated carbocycles. The van der Waals surface area contributed by atoms with Gasteiger partial charge in [0.15, 0.2) is 0 Å². The molecule has 24 heavy (non-hydrogen) atoms. The van der Waals surface area contributed by atoms with Crippen LogP contribution in [0.2, 0.25) is 0 Å². The van der Waals surface area contributed by atoms with Gasteiger partial charge in [-0.05, 0) is 57.5 Å². The molecule has 2 fully saturated rings. The van der Waals surface area contributed by atoms with Crippen molar-refractivity contribution in [1.82, 2.24) is 10.2 Å². The molecule has 1 amide bonds. The second-order valence-electron chi connectivity index (χ2n) is 7.13. The number of halogens is 3. The van der Waals surface area contributed by atoms with E-state index < -0.39 is 17.2 Å². The lowest BCUT2D eigenvalue weighted by Crippen LogP contribution is -2.45. The summed E-state index contributed by atoms with van der Waals surface area (Å²) in [6.07, 6.45) is -2.86. The zero-order chi connectivity index (χ0) is 17.5. The van der Waals surface area contributed by atoms with E-state index in [0.29, 0.717) is 6.54 Å². The summed E-state index contributed by atoms with van der Waals surface area (Å²) in [5.74, 6) is 0.112. The fraction of sp³-hybridized carbons (Fsp3) is 0.611. The molecule has 0 unspecified atom stereocenters. The van der Waals surface area contributed by atoms with Gasteiger partial charge in [-0.15, -0.1) is 0 Å². The Hall–Kier alpha value is -1.56. The first-order valence-corrected chi connectivity index (χ1v) is 8.44. The van der Waals surface area contributed by atoms with Crippen LogP contribution in [0, 0.1) is 5.41 Å². The lowest BCUT2D eigenvalue weighted by molar-refractivity contribution is -0.139. The smallest absolute Gasteiger partial charge is 0.339 e. The Bertz CT molecular complexity index is 604. The zero-order valence-corrected chi connectivity index (χ0v) is 14.0. The first-order valence-electron chi connectivity index (χ1n) is 8.44. The van der Waals surface area contributed by atoms with Gasteiger partial charge in [0.05, 0.1) is 11.0 Å². The molecule has 2 aliphatic heterocycles. The predicted octanol–water partition coefficient (Wildman–Crippen LogP) is 3.41. The van der Waals surface area contributed by atoms with Crippen LogP contribution in [0.25, 0.3) is 0 Å². The van der Waals surface area contributed by atoms with Gasteiger partial charge < -0.3 is 10.2 Å². The van der Waals surface area contributed by atoms with E-state index in [4.69, 9.17) is 0 Å². The summed E-state index contributed by atoms with van der Waals surface area (Å²) in [5.41, 5.74) is -0.285. The van der Waals surface area contributed by atoms with Gasteiger partial charge in [-0.2, -0.15) is 13.2 Å². The molecule has 132 valence electrons.